The van der Waals surface area contributed by atoms with E-state index in [1.807, 2.05) is 31.2 Å². The van der Waals surface area contributed by atoms with Crippen LogP contribution in [0, 0.1) is 5.92 Å². The van der Waals surface area contributed by atoms with Gasteiger partial charge in [-0.2, -0.15) is 0 Å². The first-order valence-electron chi connectivity index (χ1n) is 9.33. The smallest absolute Gasteiger partial charge is 0.303 e. The molecular weight excluding hydrogens is 336 g/mol. The second-order valence-electron chi connectivity index (χ2n) is 6.58. The highest BCUT2D eigenvalue weighted by Crippen LogP contribution is 2.29. The Balaban J connectivity index is 2.56. The Morgan fingerprint density at radius 2 is 2.00 bits per heavy atom. The van der Waals surface area contributed by atoms with Gasteiger partial charge in [-0.25, -0.2) is 0 Å². The standard InChI is InChI=1S/C20H32O6/c1-2-3-6-9-15(21)12-13-18-16(17(22)14-20(25)26-18)10-7-4-5-8-11-19(23)24/h3-4,6-7,12-13,15-18,20-22,25H,2,5,8-11,14H2,1H3,(H,23,24). The van der Waals surface area contributed by atoms with Gasteiger partial charge in [0.05, 0.1) is 18.3 Å². The molecule has 148 valence electrons. The minimum Gasteiger partial charge on any atom is -0.481 e. The summed E-state index contributed by atoms with van der Waals surface area (Å²) in [7, 11) is 0. The van der Waals surface area contributed by atoms with Crippen LogP contribution in [-0.4, -0.2) is 51.0 Å². The normalized spacial score (nSPS) is 28.3. The minimum atomic E-state index is -1.02. The van der Waals surface area contributed by atoms with E-state index in [9.17, 15) is 20.1 Å². The van der Waals surface area contributed by atoms with Crippen LogP contribution < -0.4 is 0 Å². The van der Waals surface area contributed by atoms with Crippen LogP contribution in [0.5, 0.6) is 0 Å². The molecule has 1 fully saturated rings. The summed E-state index contributed by atoms with van der Waals surface area (Å²) in [5, 5.41) is 38.6. The van der Waals surface area contributed by atoms with Crippen molar-refractivity contribution in [1.29, 1.82) is 0 Å². The number of hydrogen-bond donors (Lipinski definition) is 4. The molecule has 0 amide bonds. The molecular formula is C20H32O6. The van der Waals surface area contributed by atoms with Crippen LogP contribution in [-0.2, 0) is 9.53 Å². The number of carbonyl (C=O) groups is 1. The zero-order valence-corrected chi connectivity index (χ0v) is 15.4. The van der Waals surface area contributed by atoms with Crippen molar-refractivity contribution in [2.45, 2.75) is 76.5 Å². The molecule has 6 nitrogen and oxygen atoms in total. The second kappa shape index (κ2) is 12.8. The summed E-state index contributed by atoms with van der Waals surface area (Å²) in [6.07, 6.45) is 11.8. The molecule has 1 heterocycles. The monoisotopic (exact) mass is 368 g/mol. The highest BCUT2D eigenvalue weighted by molar-refractivity contribution is 5.66. The highest BCUT2D eigenvalue weighted by atomic mass is 16.6. The van der Waals surface area contributed by atoms with Gasteiger partial charge in [-0.15, -0.1) is 0 Å². The number of hydrogen-bond acceptors (Lipinski definition) is 5. The number of aliphatic hydroxyl groups excluding tert-OH is 3. The largest absolute Gasteiger partial charge is 0.481 e. The topological polar surface area (TPSA) is 107 Å². The first-order valence-corrected chi connectivity index (χ1v) is 9.33. The number of aliphatic hydroxyl groups is 3. The Morgan fingerprint density at radius 1 is 1.23 bits per heavy atom. The predicted molar refractivity (Wildman–Crippen MR) is 99.4 cm³/mol. The van der Waals surface area contributed by atoms with Gasteiger partial charge in [-0.05, 0) is 32.1 Å². The molecule has 5 unspecified atom stereocenters. The maximum absolute atomic E-state index is 10.5. The van der Waals surface area contributed by atoms with E-state index in [1.54, 1.807) is 12.2 Å². The van der Waals surface area contributed by atoms with Crippen LogP contribution in [0.2, 0.25) is 0 Å². The molecule has 1 aliphatic rings. The van der Waals surface area contributed by atoms with Gasteiger partial charge in [0.25, 0.3) is 0 Å². The Bertz CT molecular complexity index is 485. The molecule has 5 atom stereocenters. The number of carboxylic acids is 1. The first-order chi connectivity index (χ1) is 12.4. The lowest BCUT2D eigenvalue weighted by Gasteiger charge is -2.36. The molecule has 0 bridgehead atoms. The molecule has 26 heavy (non-hydrogen) atoms. The summed E-state index contributed by atoms with van der Waals surface area (Å²) < 4.78 is 5.52. The molecule has 0 aromatic carbocycles. The summed E-state index contributed by atoms with van der Waals surface area (Å²) in [6, 6.07) is 0. The van der Waals surface area contributed by atoms with E-state index in [0.717, 1.165) is 6.42 Å². The molecule has 6 heteroatoms. The van der Waals surface area contributed by atoms with Crippen molar-refractivity contribution in [2.24, 2.45) is 5.92 Å². The van der Waals surface area contributed by atoms with E-state index in [2.05, 4.69) is 0 Å². The van der Waals surface area contributed by atoms with E-state index in [1.165, 1.54) is 0 Å². The first kappa shape index (κ1) is 22.6. The van der Waals surface area contributed by atoms with Gasteiger partial charge in [0, 0.05) is 18.8 Å². The van der Waals surface area contributed by atoms with E-state index in [4.69, 9.17) is 9.84 Å². The molecule has 1 rings (SSSR count). The van der Waals surface area contributed by atoms with Gasteiger partial charge in [-0.3, -0.25) is 4.79 Å². The highest BCUT2D eigenvalue weighted by Gasteiger charge is 2.35. The van der Waals surface area contributed by atoms with Crippen LogP contribution in [0.15, 0.2) is 36.5 Å². The quantitative estimate of drug-likeness (QED) is 0.330. The van der Waals surface area contributed by atoms with Crippen molar-refractivity contribution in [3.8, 4) is 0 Å². The van der Waals surface area contributed by atoms with Crippen LogP contribution in [0.4, 0.5) is 0 Å². The average molecular weight is 368 g/mol. The number of ether oxygens (including phenoxy) is 1. The maximum Gasteiger partial charge on any atom is 0.303 e. The molecule has 1 saturated heterocycles. The van der Waals surface area contributed by atoms with Crippen LogP contribution in [0.1, 0.15) is 51.9 Å². The van der Waals surface area contributed by atoms with Crippen molar-refractivity contribution < 1.29 is 30.0 Å². The summed E-state index contributed by atoms with van der Waals surface area (Å²) in [5.74, 6) is -1.02. The molecule has 0 saturated carbocycles. The summed E-state index contributed by atoms with van der Waals surface area (Å²) in [5.41, 5.74) is 0. The number of aliphatic carboxylic acids is 1. The third-order valence-electron chi connectivity index (χ3n) is 4.31. The number of unbranched alkanes of at least 4 members (excludes halogenated alkanes) is 1. The Kier molecular flexibility index (Phi) is 11.1. The van der Waals surface area contributed by atoms with Gasteiger partial charge < -0.3 is 25.2 Å². The SMILES string of the molecule is CCC=CCC(O)C=CC1OC(O)CC(O)C1CC=CCCCC(=O)O. The van der Waals surface area contributed by atoms with Gasteiger partial charge in [0.2, 0.25) is 0 Å². The minimum absolute atomic E-state index is 0.140. The lowest BCUT2D eigenvalue weighted by atomic mass is 9.87. The number of allylic oxidation sites excluding steroid dienone is 3. The van der Waals surface area contributed by atoms with E-state index in [0.29, 0.717) is 25.7 Å². The summed E-state index contributed by atoms with van der Waals surface area (Å²) in [6.45, 7) is 2.02. The van der Waals surface area contributed by atoms with Crippen molar-refractivity contribution in [3.63, 3.8) is 0 Å². The molecule has 0 aliphatic carbocycles. The summed E-state index contributed by atoms with van der Waals surface area (Å²) in [4.78, 5) is 10.5. The lowest BCUT2D eigenvalue weighted by molar-refractivity contribution is -0.199. The Hall–Kier alpha value is -1.47. The molecule has 0 radical (unpaired) electrons. The third kappa shape index (κ3) is 9.29. The Labute approximate surface area is 155 Å². The maximum atomic E-state index is 10.5. The van der Waals surface area contributed by atoms with E-state index < -0.39 is 30.6 Å². The lowest BCUT2D eigenvalue weighted by Crippen LogP contribution is -2.43. The molecule has 0 spiro atoms. The number of rotatable bonds is 11. The fourth-order valence-electron chi connectivity index (χ4n) is 2.88. The van der Waals surface area contributed by atoms with Crippen LogP contribution in [0.3, 0.4) is 0 Å². The van der Waals surface area contributed by atoms with Crippen molar-refractivity contribution in [2.75, 3.05) is 0 Å². The number of carboxylic acid groups (broad SMARTS) is 1. The Morgan fingerprint density at radius 3 is 2.69 bits per heavy atom. The average Bonchev–Trinajstić information content (AvgIpc) is 2.57. The predicted octanol–water partition coefficient (Wildman–Crippen LogP) is 2.55. The molecule has 0 aromatic rings. The molecule has 4 N–H and O–H groups in total. The molecule has 0 aromatic heterocycles. The van der Waals surface area contributed by atoms with Crippen molar-refractivity contribution in [1.82, 2.24) is 0 Å². The van der Waals surface area contributed by atoms with E-state index in [-0.39, 0.29) is 18.8 Å². The van der Waals surface area contributed by atoms with E-state index >= 15 is 0 Å². The van der Waals surface area contributed by atoms with Crippen molar-refractivity contribution in [3.05, 3.63) is 36.5 Å². The fourth-order valence-corrected chi connectivity index (χ4v) is 2.88. The second-order valence-corrected chi connectivity index (χ2v) is 6.58. The van der Waals surface area contributed by atoms with Gasteiger partial charge >= 0.3 is 5.97 Å². The van der Waals surface area contributed by atoms with Crippen LogP contribution in [0.25, 0.3) is 0 Å². The van der Waals surface area contributed by atoms with Gasteiger partial charge in [-0.1, -0.05) is 43.4 Å². The van der Waals surface area contributed by atoms with Crippen molar-refractivity contribution >= 4 is 5.97 Å². The third-order valence-corrected chi connectivity index (χ3v) is 4.31. The fraction of sp³-hybridized carbons (Fsp3) is 0.650. The summed E-state index contributed by atoms with van der Waals surface area (Å²) >= 11 is 0. The van der Waals surface area contributed by atoms with Crippen LogP contribution >= 0.6 is 0 Å². The van der Waals surface area contributed by atoms with Gasteiger partial charge in [0.15, 0.2) is 6.29 Å². The zero-order valence-electron chi connectivity index (χ0n) is 15.4. The molecule has 1 aliphatic heterocycles. The zero-order chi connectivity index (χ0) is 19.4. The van der Waals surface area contributed by atoms with Gasteiger partial charge in [0.1, 0.15) is 0 Å².